The van der Waals surface area contributed by atoms with E-state index in [0.29, 0.717) is 35.4 Å². The third-order valence-electron chi connectivity index (χ3n) is 6.50. The molecule has 1 heterocycles. The van der Waals surface area contributed by atoms with Crippen LogP contribution >= 0.6 is 0 Å². The third-order valence-corrected chi connectivity index (χ3v) is 6.50. The molecule has 0 bridgehead atoms. The monoisotopic (exact) mass is 541 g/mol. The van der Waals surface area contributed by atoms with Crippen molar-refractivity contribution in [3.05, 3.63) is 111 Å². The van der Waals surface area contributed by atoms with Crippen molar-refractivity contribution in [2.24, 2.45) is 0 Å². The molecule has 11 heteroatoms. The maximum absolute atomic E-state index is 14.2. The molecule has 0 radical (unpaired) electrons. The summed E-state index contributed by atoms with van der Waals surface area (Å²) in [6.45, 7) is -0.141. The fourth-order valence-corrected chi connectivity index (χ4v) is 4.53. The molecule has 1 amide bonds. The van der Waals surface area contributed by atoms with E-state index in [1.807, 2.05) is 6.07 Å². The minimum Gasteiger partial charge on any atom is -0.392 e. The maximum Gasteiger partial charge on any atom is 0.230 e. The van der Waals surface area contributed by atoms with Crippen LogP contribution in [0.5, 0.6) is 0 Å². The Kier molecular flexibility index (Phi) is 7.11. The number of nitrogens with one attached hydrogen (secondary N) is 1. The van der Waals surface area contributed by atoms with Crippen LogP contribution in [0.15, 0.2) is 48.5 Å². The van der Waals surface area contributed by atoms with Gasteiger partial charge in [0.2, 0.25) is 11.7 Å². The highest BCUT2D eigenvalue weighted by atomic mass is 19.2. The van der Waals surface area contributed by atoms with E-state index in [-0.39, 0.29) is 18.1 Å². The molecule has 200 valence electrons. The van der Waals surface area contributed by atoms with Crippen LogP contribution in [0.3, 0.4) is 0 Å². The molecule has 4 aromatic rings. The number of nitrogens with zero attached hydrogens (tertiary/aromatic N) is 2. The first-order chi connectivity index (χ1) is 18.7. The largest absolute Gasteiger partial charge is 0.392 e. The maximum atomic E-state index is 14.2. The second kappa shape index (κ2) is 10.5. The molecule has 1 aromatic heterocycles. The van der Waals surface area contributed by atoms with E-state index in [9.17, 15) is 37.0 Å². The summed E-state index contributed by atoms with van der Waals surface area (Å²) in [6, 6.07) is 13.7. The molecule has 0 saturated carbocycles. The lowest BCUT2D eigenvalue weighted by Gasteiger charge is -2.23. The van der Waals surface area contributed by atoms with Gasteiger partial charge in [-0.3, -0.25) is 4.79 Å². The van der Waals surface area contributed by atoms with Crippen molar-refractivity contribution in [2.75, 3.05) is 5.32 Å². The Balaban J connectivity index is 1.56. The summed E-state index contributed by atoms with van der Waals surface area (Å²) in [5, 5.41) is 23.0. The molecule has 0 fully saturated rings. The number of fused-ring (bicyclic) bond motifs is 3. The fourth-order valence-electron chi connectivity index (χ4n) is 4.53. The van der Waals surface area contributed by atoms with Crippen LogP contribution in [0.4, 0.5) is 27.8 Å². The zero-order chi connectivity index (χ0) is 27.8. The second-order valence-corrected chi connectivity index (χ2v) is 8.99. The lowest BCUT2D eigenvalue weighted by Crippen LogP contribution is -2.22. The van der Waals surface area contributed by atoms with Crippen molar-refractivity contribution in [1.29, 1.82) is 0 Å². The summed E-state index contributed by atoms with van der Waals surface area (Å²) in [6.07, 6.45) is -1.62. The Morgan fingerprint density at radius 2 is 1.56 bits per heavy atom. The molecule has 1 unspecified atom stereocenters. The number of aryl methyl sites for hydroxylation is 2. The fraction of sp³-hybridized carbons (Fsp3) is 0.179. The molecular formula is C28H20F5N3O3. The van der Waals surface area contributed by atoms with Gasteiger partial charge in [-0.05, 0) is 29.5 Å². The van der Waals surface area contributed by atoms with Crippen LogP contribution in [0.1, 0.15) is 39.7 Å². The zero-order valence-electron chi connectivity index (χ0n) is 20.1. The van der Waals surface area contributed by atoms with Crippen molar-refractivity contribution in [2.45, 2.75) is 32.0 Å². The van der Waals surface area contributed by atoms with Gasteiger partial charge in [-0.2, -0.15) is 0 Å². The molecule has 3 aromatic carbocycles. The highest BCUT2D eigenvalue weighted by Gasteiger charge is 2.29. The number of hydrogen-bond donors (Lipinski definition) is 3. The Labute approximate surface area is 218 Å². The number of benzene rings is 3. The minimum absolute atomic E-state index is 0.0789. The number of rotatable bonds is 6. The van der Waals surface area contributed by atoms with Crippen molar-refractivity contribution >= 4 is 11.7 Å². The molecule has 1 aliphatic carbocycles. The number of carbonyl (C=O) groups is 1. The van der Waals surface area contributed by atoms with Gasteiger partial charge in [0.15, 0.2) is 29.1 Å². The molecule has 5 rings (SSSR count). The van der Waals surface area contributed by atoms with Gasteiger partial charge in [-0.25, -0.2) is 31.9 Å². The van der Waals surface area contributed by atoms with Crippen LogP contribution in [-0.2, 0) is 30.7 Å². The lowest BCUT2D eigenvalue weighted by atomic mass is 9.90. The van der Waals surface area contributed by atoms with Crippen molar-refractivity contribution in [3.8, 4) is 11.3 Å². The average molecular weight is 541 g/mol. The molecule has 1 aliphatic rings. The molecular weight excluding hydrogens is 521 g/mol. The number of anilines is 1. The van der Waals surface area contributed by atoms with Gasteiger partial charge in [0.1, 0.15) is 11.8 Å². The minimum atomic E-state index is -2.32. The number of aliphatic hydroxyl groups excluding tert-OH is 2. The number of halogens is 5. The van der Waals surface area contributed by atoms with E-state index < -0.39 is 53.1 Å². The first-order valence-electron chi connectivity index (χ1n) is 11.9. The summed E-state index contributed by atoms with van der Waals surface area (Å²) in [5.74, 6) is -12.2. The molecule has 0 spiro atoms. The second-order valence-electron chi connectivity index (χ2n) is 8.99. The summed E-state index contributed by atoms with van der Waals surface area (Å²) in [7, 11) is 0. The Morgan fingerprint density at radius 1 is 0.897 bits per heavy atom. The van der Waals surface area contributed by atoms with Crippen LogP contribution in [0.25, 0.3) is 11.3 Å². The number of carbonyl (C=O) groups excluding carboxylic acids is 1. The Bertz CT molecular complexity index is 1570. The SMILES string of the molecule is O=C(Cc1c(F)c(F)c(F)c(F)c1F)Nc1nc2c(nc1C(O)c1ccccc1)-c1ccc(CO)cc1CC2. The predicted molar refractivity (Wildman–Crippen MR) is 130 cm³/mol. The van der Waals surface area contributed by atoms with Gasteiger partial charge in [0.25, 0.3) is 0 Å². The Morgan fingerprint density at radius 3 is 2.23 bits per heavy atom. The molecule has 1 atom stereocenters. The van der Waals surface area contributed by atoms with Crippen molar-refractivity contribution in [1.82, 2.24) is 9.97 Å². The summed E-state index contributed by atoms with van der Waals surface area (Å²) in [4.78, 5) is 21.9. The smallest absolute Gasteiger partial charge is 0.230 e. The molecule has 39 heavy (non-hydrogen) atoms. The quantitative estimate of drug-likeness (QED) is 0.187. The standard InChI is InChI=1S/C28H20F5N3O3/c29-20-17(21(30)23(32)24(33)22(20)31)11-19(38)35-28-26(27(39)14-4-2-1-3-5-14)36-25-16-8-6-13(12-37)10-15(16)7-9-18(25)34-28/h1-6,8,10,27,37,39H,7,9,11-12H2,(H,34,35,38). The van der Waals surface area contributed by atoms with E-state index in [4.69, 9.17) is 0 Å². The summed E-state index contributed by atoms with van der Waals surface area (Å²) in [5.41, 5.74) is 2.30. The van der Waals surface area contributed by atoms with E-state index in [0.717, 1.165) is 11.1 Å². The average Bonchev–Trinajstić information content (AvgIpc) is 2.96. The van der Waals surface area contributed by atoms with Crippen molar-refractivity contribution in [3.63, 3.8) is 0 Å². The molecule has 6 nitrogen and oxygen atoms in total. The number of aliphatic hydroxyl groups is 2. The van der Waals surface area contributed by atoms with Crippen LogP contribution < -0.4 is 5.32 Å². The molecule has 3 N–H and O–H groups in total. The van der Waals surface area contributed by atoms with Crippen LogP contribution in [0.2, 0.25) is 0 Å². The normalized spacial score (nSPS) is 13.0. The van der Waals surface area contributed by atoms with E-state index >= 15 is 0 Å². The van der Waals surface area contributed by atoms with Crippen LogP contribution in [-0.4, -0.2) is 26.1 Å². The van der Waals surface area contributed by atoms with Gasteiger partial charge >= 0.3 is 0 Å². The highest BCUT2D eigenvalue weighted by molar-refractivity contribution is 5.92. The molecule has 0 aliphatic heterocycles. The van der Waals surface area contributed by atoms with E-state index in [1.54, 1.807) is 42.5 Å². The first-order valence-corrected chi connectivity index (χ1v) is 11.9. The van der Waals surface area contributed by atoms with E-state index in [2.05, 4.69) is 15.3 Å². The topological polar surface area (TPSA) is 95.3 Å². The van der Waals surface area contributed by atoms with Gasteiger partial charge in [-0.1, -0.05) is 48.5 Å². The van der Waals surface area contributed by atoms with Crippen LogP contribution in [0, 0.1) is 29.1 Å². The predicted octanol–water partition coefficient (Wildman–Crippen LogP) is 4.69. The van der Waals surface area contributed by atoms with Gasteiger partial charge in [-0.15, -0.1) is 0 Å². The number of amides is 1. The van der Waals surface area contributed by atoms with Gasteiger partial charge < -0.3 is 15.5 Å². The first kappa shape index (κ1) is 26.4. The zero-order valence-corrected chi connectivity index (χ0v) is 20.1. The van der Waals surface area contributed by atoms with Crippen molar-refractivity contribution < 1.29 is 37.0 Å². The molecule has 0 saturated heterocycles. The summed E-state index contributed by atoms with van der Waals surface area (Å²) < 4.78 is 69.0. The number of hydrogen-bond acceptors (Lipinski definition) is 5. The Hall–Kier alpha value is -4.22. The highest BCUT2D eigenvalue weighted by Crippen LogP contribution is 2.36. The summed E-state index contributed by atoms with van der Waals surface area (Å²) >= 11 is 0. The number of aromatic nitrogens is 2. The van der Waals surface area contributed by atoms with E-state index in [1.165, 1.54) is 0 Å². The lowest BCUT2D eigenvalue weighted by molar-refractivity contribution is -0.115. The van der Waals surface area contributed by atoms with Gasteiger partial charge in [0, 0.05) is 11.1 Å². The third kappa shape index (κ3) is 4.86. The van der Waals surface area contributed by atoms with Gasteiger partial charge in [0.05, 0.1) is 24.4 Å².